The predicted molar refractivity (Wildman–Crippen MR) is 131 cm³/mol. The highest BCUT2D eigenvalue weighted by molar-refractivity contribution is 9.11. The smallest absolute Gasteiger partial charge is 0.307 e. The van der Waals surface area contributed by atoms with Gasteiger partial charge in [0.05, 0.1) is 15.6 Å². The molecule has 4 rings (SSSR count). The zero-order valence-electron chi connectivity index (χ0n) is 16.8. The summed E-state index contributed by atoms with van der Waals surface area (Å²) in [6.07, 6.45) is 1.47. The minimum Gasteiger partial charge on any atom is -0.488 e. The topological polar surface area (TPSA) is 107 Å². The lowest BCUT2D eigenvalue weighted by Gasteiger charge is -2.09. The number of nitrogens with one attached hydrogen (secondary N) is 1. The maximum absolute atomic E-state index is 12.4. The number of furan rings is 1. The molecule has 1 amide bonds. The van der Waals surface area contributed by atoms with Crippen LogP contribution in [0.2, 0.25) is 0 Å². The number of halogens is 2. The molecule has 0 aliphatic carbocycles. The van der Waals surface area contributed by atoms with Crippen LogP contribution < -0.4 is 10.2 Å². The minimum absolute atomic E-state index is 0.0199. The number of nitro groups is 1. The Morgan fingerprint density at radius 3 is 2.64 bits per heavy atom. The normalized spacial score (nSPS) is 11.1. The molecule has 3 aromatic carbocycles. The van der Waals surface area contributed by atoms with E-state index in [0.717, 1.165) is 19.9 Å². The number of nitro benzene ring substituents is 1. The van der Waals surface area contributed by atoms with Gasteiger partial charge in [0, 0.05) is 27.6 Å². The molecule has 0 fully saturated rings. The van der Waals surface area contributed by atoms with Crippen molar-refractivity contribution >= 4 is 60.6 Å². The number of hydrogen-bond donors (Lipinski definition) is 1. The number of benzene rings is 3. The standard InChI is InChI=1S/C23H15Br2N3O5/c24-17-9-16-10-21(33-22(16)19(25)11-17)23(29)27-26-12-15-3-1-2-4-20(15)32-13-14-5-7-18(8-6-14)28(30)31/h1-12H,13H2,(H,27,29)/b26-12-. The zero-order valence-corrected chi connectivity index (χ0v) is 20.0. The molecule has 33 heavy (non-hydrogen) atoms. The molecule has 0 aliphatic heterocycles. The predicted octanol–water partition coefficient (Wildman–Crippen LogP) is 6.21. The monoisotopic (exact) mass is 571 g/mol. The molecular formula is C23H15Br2N3O5. The highest BCUT2D eigenvalue weighted by atomic mass is 79.9. The Kier molecular flexibility index (Phi) is 6.85. The van der Waals surface area contributed by atoms with E-state index >= 15 is 0 Å². The van der Waals surface area contributed by atoms with Crippen molar-refractivity contribution in [3.63, 3.8) is 0 Å². The fourth-order valence-corrected chi connectivity index (χ4v) is 4.34. The number of non-ortho nitro benzene ring substituents is 1. The first-order valence-corrected chi connectivity index (χ1v) is 11.2. The van der Waals surface area contributed by atoms with Crippen LogP contribution in [-0.4, -0.2) is 17.0 Å². The van der Waals surface area contributed by atoms with Gasteiger partial charge in [0.1, 0.15) is 17.9 Å². The molecule has 1 N–H and O–H groups in total. The Bertz CT molecular complexity index is 1370. The van der Waals surface area contributed by atoms with Gasteiger partial charge in [0.2, 0.25) is 0 Å². The second kappa shape index (κ2) is 9.97. The molecule has 0 aliphatic rings. The molecule has 0 radical (unpaired) electrons. The van der Waals surface area contributed by atoms with Crippen LogP contribution in [0.3, 0.4) is 0 Å². The van der Waals surface area contributed by atoms with Crippen molar-refractivity contribution in [1.29, 1.82) is 0 Å². The number of rotatable bonds is 7. The number of hydrazone groups is 1. The van der Waals surface area contributed by atoms with Crippen molar-refractivity contribution in [3.05, 3.63) is 103 Å². The van der Waals surface area contributed by atoms with E-state index in [1.807, 2.05) is 24.3 Å². The van der Waals surface area contributed by atoms with E-state index in [1.165, 1.54) is 18.3 Å². The largest absolute Gasteiger partial charge is 0.488 e. The van der Waals surface area contributed by atoms with Crippen molar-refractivity contribution in [2.45, 2.75) is 6.61 Å². The van der Waals surface area contributed by atoms with Crippen molar-refractivity contribution in [1.82, 2.24) is 5.43 Å². The first-order valence-electron chi connectivity index (χ1n) is 9.58. The summed E-state index contributed by atoms with van der Waals surface area (Å²) in [6, 6.07) is 18.6. The van der Waals surface area contributed by atoms with E-state index in [1.54, 1.807) is 30.3 Å². The third-order valence-electron chi connectivity index (χ3n) is 4.59. The molecule has 0 saturated carbocycles. The van der Waals surface area contributed by atoms with E-state index < -0.39 is 10.8 Å². The minimum atomic E-state index is -0.491. The molecular weight excluding hydrogens is 558 g/mol. The molecule has 0 unspecified atom stereocenters. The number of carbonyl (C=O) groups excluding carboxylic acids is 1. The lowest BCUT2D eigenvalue weighted by atomic mass is 10.2. The second-order valence-electron chi connectivity index (χ2n) is 6.87. The number of carbonyl (C=O) groups is 1. The third-order valence-corrected chi connectivity index (χ3v) is 5.64. The summed E-state index contributed by atoms with van der Waals surface area (Å²) >= 11 is 6.82. The van der Waals surface area contributed by atoms with Gasteiger partial charge in [-0.15, -0.1) is 0 Å². The molecule has 8 nitrogen and oxygen atoms in total. The lowest BCUT2D eigenvalue weighted by Crippen LogP contribution is -2.16. The first kappa shape index (κ1) is 22.7. The van der Waals surface area contributed by atoms with Gasteiger partial charge in [0.15, 0.2) is 5.76 Å². The molecule has 166 valence electrons. The maximum Gasteiger partial charge on any atom is 0.307 e. The third kappa shape index (κ3) is 5.47. The van der Waals surface area contributed by atoms with Gasteiger partial charge in [0.25, 0.3) is 5.69 Å². The number of para-hydroxylation sites is 1. The average Bonchev–Trinajstić information content (AvgIpc) is 3.23. The van der Waals surface area contributed by atoms with E-state index in [0.29, 0.717) is 16.9 Å². The van der Waals surface area contributed by atoms with E-state index in [2.05, 4.69) is 42.4 Å². The van der Waals surface area contributed by atoms with Gasteiger partial charge >= 0.3 is 5.91 Å². The Morgan fingerprint density at radius 1 is 1.12 bits per heavy atom. The van der Waals surface area contributed by atoms with Crippen LogP contribution in [-0.2, 0) is 6.61 Å². The van der Waals surface area contributed by atoms with Crippen molar-refractivity contribution in [2.24, 2.45) is 5.10 Å². The van der Waals surface area contributed by atoms with Gasteiger partial charge < -0.3 is 9.15 Å². The van der Waals surface area contributed by atoms with Crippen LogP contribution in [0.4, 0.5) is 5.69 Å². The van der Waals surface area contributed by atoms with Gasteiger partial charge in [-0.25, -0.2) is 5.43 Å². The van der Waals surface area contributed by atoms with Crippen molar-refractivity contribution in [3.8, 4) is 5.75 Å². The summed E-state index contributed by atoms with van der Waals surface area (Å²) in [5.74, 6) is 0.185. The maximum atomic E-state index is 12.4. The number of hydrogen-bond acceptors (Lipinski definition) is 6. The van der Waals surface area contributed by atoms with Crippen LogP contribution in [0, 0.1) is 10.1 Å². The molecule has 0 atom stereocenters. The SMILES string of the molecule is O=C(N/N=C\c1ccccc1OCc1ccc([N+](=O)[O-])cc1)c1cc2cc(Br)cc(Br)c2o1. The Hall–Kier alpha value is -3.50. The summed E-state index contributed by atoms with van der Waals surface area (Å²) in [6.45, 7) is 0.221. The summed E-state index contributed by atoms with van der Waals surface area (Å²) in [5.41, 5.74) is 4.47. The average molecular weight is 573 g/mol. The van der Waals surface area contributed by atoms with E-state index in [9.17, 15) is 14.9 Å². The second-order valence-corrected chi connectivity index (χ2v) is 8.64. The summed E-state index contributed by atoms with van der Waals surface area (Å²) in [5, 5.41) is 15.6. The lowest BCUT2D eigenvalue weighted by molar-refractivity contribution is -0.384. The summed E-state index contributed by atoms with van der Waals surface area (Å²) in [4.78, 5) is 22.8. The molecule has 1 heterocycles. The molecule has 0 spiro atoms. The molecule has 0 saturated heterocycles. The molecule has 1 aromatic heterocycles. The van der Waals surface area contributed by atoms with E-state index in [4.69, 9.17) is 9.15 Å². The Balaban J connectivity index is 1.42. The highest BCUT2D eigenvalue weighted by Gasteiger charge is 2.14. The molecule has 10 heteroatoms. The zero-order chi connectivity index (χ0) is 23.4. The van der Waals surface area contributed by atoms with Gasteiger partial charge in [-0.1, -0.05) is 28.1 Å². The number of ether oxygens (including phenoxy) is 1. The molecule has 4 aromatic rings. The Morgan fingerprint density at radius 2 is 1.88 bits per heavy atom. The van der Waals surface area contributed by atoms with Crippen LogP contribution in [0.15, 0.2) is 85.2 Å². The van der Waals surface area contributed by atoms with Gasteiger partial charge in [-0.3, -0.25) is 14.9 Å². The number of nitrogens with zero attached hydrogens (tertiary/aromatic N) is 2. The molecule has 0 bridgehead atoms. The van der Waals surface area contributed by atoms with Crippen LogP contribution >= 0.6 is 31.9 Å². The van der Waals surface area contributed by atoms with Crippen LogP contribution in [0.1, 0.15) is 21.7 Å². The highest BCUT2D eigenvalue weighted by Crippen LogP contribution is 2.31. The first-order chi connectivity index (χ1) is 15.9. The van der Waals surface area contributed by atoms with Gasteiger partial charge in [-0.2, -0.15) is 5.10 Å². The van der Waals surface area contributed by atoms with Crippen LogP contribution in [0.5, 0.6) is 5.75 Å². The van der Waals surface area contributed by atoms with Crippen molar-refractivity contribution < 1.29 is 18.9 Å². The van der Waals surface area contributed by atoms with Crippen LogP contribution in [0.25, 0.3) is 11.0 Å². The number of amides is 1. The van der Waals surface area contributed by atoms with Crippen molar-refractivity contribution in [2.75, 3.05) is 0 Å². The fourth-order valence-electron chi connectivity index (χ4n) is 3.00. The van der Waals surface area contributed by atoms with Gasteiger partial charge in [-0.05, 0) is 64.0 Å². The fraction of sp³-hybridized carbons (Fsp3) is 0.0435. The summed E-state index contributed by atoms with van der Waals surface area (Å²) < 4.78 is 13.0. The van der Waals surface area contributed by atoms with E-state index in [-0.39, 0.29) is 18.1 Å². The number of fused-ring (bicyclic) bond motifs is 1. The Labute approximate surface area is 204 Å². The quantitative estimate of drug-likeness (QED) is 0.161. The summed E-state index contributed by atoms with van der Waals surface area (Å²) in [7, 11) is 0.